The van der Waals surface area contributed by atoms with Crippen LogP contribution in [0.4, 0.5) is 5.82 Å². The highest BCUT2D eigenvalue weighted by atomic mass is 15.2. The highest BCUT2D eigenvalue weighted by molar-refractivity contribution is 5.46. The van der Waals surface area contributed by atoms with Crippen LogP contribution in [-0.4, -0.2) is 17.6 Å². The zero-order valence-electron chi connectivity index (χ0n) is 13.7. The number of hydrogen-bond donors (Lipinski definition) is 1. The molecule has 3 nitrogen and oxygen atoms in total. The van der Waals surface area contributed by atoms with E-state index in [1.165, 1.54) is 49.9 Å². The van der Waals surface area contributed by atoms with Gasteiger partial charge in [0.05, 0.1) is 0 Å². The van der Waals surface area contributed by atoms with Gasteiger partial charge in [0.25, 0.3) is 0 Å². The largest absolute Gasteiger partial charge is 0.353 e. The van der Waals surface area contributed by atoms with Crippen LogP contribution in [0.3, 0.4) is 0 Å². The summed E-state index contributed by atoms with van der Waals surface area (Å²) in [6.45, 7) is 8.45. The van der Waals surface area contributed by atoms with Crippen molar-refractivity contribution in [2.24, 2.45) is 11.7 Å². The van der Waals surface area contributed by atoms with Gasteiger partial charge in [-0.3, -0.25) is 0 Å². The molecule has 0 spiro atoms. The Morgan fingerprint density at radius 3 is 2.67 bits per heavy atom. The summed E-state index contributed by atoms with van der Waals surface area (Å²) >= 11 is 0. The van der Waals surface area contributed by atoms with E-state index in [2.05, 4.69) is 37.8 Å². The number of nitrogens with zero attached hydrogens (tertiary/aromatic N) is 2. The van der Waals surface area contributed by atoms with Gasteiger partial charge in [0.1, 0.15) is 5.82 Å². The van der Waals surface area contributed by atoms with Gasteiger partial charge in [-0.2, -0.15) is 0 Å². The first-order chi connectivity index (χ1) is 9.99. The molecule has 2 aliphatic rings. The van der Waals surface area contributed by atoms with Crippen molar-refractivity contribution in [3.05, 3.63) is 23.4 Å². The monoisotopic (exact) mass is 287 g/mol. The minimum Gasteiger partial charge on any atom is -0.353 e. The number of nitrogens with two attached hydrogens (primary N) is 1. The Kier molecular flexibility index (Phi) is 3.96. The fourth-order valence-corrected chi connectivity index (χ4v) is 3.91. The highest BCUT2D eigenvalue weighted by Gasteiger charge is 2.36. The maximum atomic E-state index is 5.92. The summed E-state index contributed by atoms with van der Waals surface area (Å²) < 4.78 is 0. The van der Waals surface area contributed by atoms with Crippen LogP contribution >= 0.6 is 0 Å². The van der Waals surface area contributed by atoms with E-state index in [9.17, 15) is 0 Å². The molecule has 3 heteroatoms. The van der Waals surface area contributed by atoms with E-state index >= 15 is 0 Å². The number of pyridine rings is 1. The molecule has 1 aliphatic carbocycles. The Morgan fingerprint density at radius 2 is 1.95 bits per heavy atom. The zero-order chi connectivity index (χ0) is 15.0. The van der Waals surface area contributed by atoms with E-state index in [1.54, 1.807) is 0 Å². The first-order valence-electron chi connectivity index (χ1n) is 8.47. The zero-order valence-corrected chi connectivity index (χ0v) is 13.7. The van der Waals surface area contributed by atoms with Crippen LogP contribution in [-0.2, 0) is 12.0 Å². The number of hydrogen-bond acceptors (Lipinski definition) is 3. The summed E-state index contributed by atoms with van der Waals surface area (Å²) in [6, 6.07) is 5.11. The van der Waals surface area contributed by atoms with Crippen LogP contribution in [0.2, 0.25) is 0 Å². The third kappa shape index (κ3) is 2.94. The summed E-state index contributed by atoms with van der Waals surface area (Å²) in [7, 11) is 0. The van der Waals surface area contributed by atoms with Crippen molar-refractivity contribution in [1.82, 2.24) is 4.98 Å². The Balaban J connectivity index is 1.94. The smallest absolute Gasteiger partial charge is 0.129 e. The number of fused-ring (bicyclic) bond motifs is 1. The molecule has 2 unspecified atom stereocenters. The standard InChI is InChI=1S/C18H29N3/c1-18(2,3)16-10-13(12-19)11-17(20-16)21-9-8-14-6-4-5-7-15(14)21/h10-11,14-15H,4-9,12,19H2,1-3H3. The molecule has 0 aromatic carbocycles. The van der Waals surface area contributed by atoms with Gasteiger partial charge in [0.2, 0.25) is 0 Å². The molecule has 0 bridgehead atoms. The molecule has 116 valence electrons. The van der Waals surface area contributed by atoms with Crippen LogP contribution in [0.5, 0.6) is 0 Å². The lowest BCUT2D eigenvalue weighted by Gasteiger charge is -2.33. The lowest BCUT2D eigenvalue weighted by atomic mass is 9.85. The molecular weight excluding hydrogens is 258 g/mol. The predicted octanol–water partition coefficient (Wildman–Crippen LogP) is 3.61. The van der Waals surface area contributed by atoms with Crippen molar-refractivity contribution in [2.75, 3.05) is 11.4 Å². The van der Waals surface area contributed by atoms with Gasteiger partial charge >= 0.3 is 0 Å². The molecule has 1 saturated carbocycles. The number of anilines is 1. The van der Waals surface area contributed by atoms with E-state index in [-0.39, 0.29) is 5.41 Å². The summed E-state index contributed by atoms with van der Waals surface area (Å²) in [6.07, 6.45) is 6.87. The molecule has 3 rings (SSSR count). The van der Waals surface area contributed by atoms with Crippen molar-refractivity contribution in [1.29, 1.82) is 0 Å². The van der Waals surface area contributed by atoms with Crippen LogP contribution in [0.25, 0.3) is 0 Å². The first kappa shape index (κ1) is 14.8. The third-order valence-corrected chi connectivity index (χ3v) is 5.18. The second-order valence-electron chi connectivity index (χ2n) is 7.77. The van der Waals surface area contributed by atoms with E-state index in [1.807, 2.05) is 0 Å². The lowest BCUT2D eigenvalue weighted by Crippen LogP contribution is -2.35. The Hall–Kier alpha value is -1.09. The average molecular weight is 287 g/mol. The molecule has 2 N–H and O–H groups in total. The second-order valence-corrected chi connectivity index (χ2v) is 7.77. The number of aromatic nitrogens is 1. The van der Waals surface area contributed by atoms with Gasteiger partial charge in [-0.15, -0.1) is 0 Å². The third-order valence-electron chi connectivity index (χ3n) is 5.18. The fourth-order valence-electron chi connectivity index (χ4n) is 3.91. The minimum absolute atomic E-state index is 0.0750. The molecule has 2 heterocycles. The quantitative estimate of drug-likeness (QED) is 0.903. The Bertz CT molecular complexity index is 504. The molecular formula is C18H29N3. The van der Waals surface area contributed by atoms with Gasteiger partial charge in [0.15, 0.2) is 0 Å². The SMILES string of the molecule is CC(C)(C)c1cc(CN)cc(N2CCC3CCCCC32)n1. The molecule has 2 fully saturated rings. The molecule has 0 radical (unpaired) electrons. The highest BCUT2D eigenvalue weighted by Crippen LogP contribution is 2.39. The number of rotatable bonds is 2. The van der Waals surface area contributed by atoms with Gasteiger partial charge in [-0.1, -0.05) is 33.6 Å². The lowest BCUT2D eigenvalue weighted by molar-refractivity contribution is 0.341. The molecule has 1 saturated heterocycles. The van der Waals surface area contributed by atoms with Crippen molar-refractivity contribution in [3.8, 4) is 0 Å². The second kappa shape index (κ2) is 5.60. The van der Waals surface area contributed by atoms with Gasteiger partial charge in [0, 0.05) is 30.2 Å². The van der Waals surface area contributed by atoms with Crippen LogP contribution < -0.4 is 10.6 Å². The van der Waals surface area contributed by atoms with E-state index in [0.717, 1.165) is 11.7 Å². The maximum Gasteiger partial charge on any atom is 0.129 e. The normalized spacial score (nSPS) is 26.0. The molecule has 21 heavy (non-hydrogen) atoms. The van der Waals surface area contributed by atoms with Crippen molar-refractivity contribution >= 4 is 5.82 Å². The summed E-state index contributed by atoms with van der Waals surface area (Å²) in [5.74, 6) is 2.05. The van der Waals surface area contributed by atoms with Crippen LogP contribution in [0, 0.1) is 5.92 Å². The van der Waals surface area contributed by atoms with Gasteiger partial charge in [-0.05, 0) is 42.9 Å². The van der Waals surface area contributed by atoms with Crippen LogP contribution in [0.1, 0.15) is 64.1 Å². The maximum absolute atomic E-state index is 5.92. The van der Waals surface area contributed by atoms with E-state index in [0.29, 0.717) is 12.6 Å². The summed E-state index contributed by atoms with van der Waals surface area (Å²) in [5.41, 5.74) is 8.37. The fraction of sp³-hybridized carbons (Fsp3) is 0.722. The molecule has 1 aromatic heterocycles. The van der Waals surface area contributed by atoms with Gasteiger partial charge in [-0.25, -0.2) is 4.98 Å². The molecule has 2 atom stereocenters. The van der Waals surface area contributed by atoms with Crippen molar-refractivity contribution < 1.29 is 0 Å². The van der Waals surface area contributed by atoms with E-state index in [4.69, 9.17) is 10.7 Å². The van der Waals surface area contributed by atoms with Gasteiger partial charge < -0.3 is 10.6 Å². The topological polar surface area (TPSA) is 42.1 Å². The minimum atomic E-state index is 0.0750. The molecule has 1 aliphatic heterocycles. The summed E-state index contributed by atoms with van der Waals surface area (Å²) in [5, 5.41) is 0. The predicted molar refractivity (Wildman–Crippen MR) is 88.5 cm³/mol. The Morgan fingerprint density at radius 1 is 1.19 bits per heavy atom. The summed E-state index contributed by atoms with van der Waals surface area (Å²) in [4.78, 5) is 7.56. The van der Waals surface area contributed by atoms with Crippen molar-refractivity contribution in [2.45, 2.75) is 70.9 Å². The van der Waals surface area contributed by atoms with E-state index < -0.39 is 0 Å². The average Bonchev–Trinajstić information content (AvgIpc) is 2.89. The van der Waals surface area contributed by atoms with Crippen LogP contribution in [0.15, 0.2) is 12.1 Å². The van der Waals surface area contributed by atoms with Crippen molar-refractivity contribution in [3.63, 3.8) is 0 Å². The Labute approximate surface area is 128 Å². The molecule has 1 aromatic rings. The molecule has 0 amide bonds. The first-order valence-corrected chi connectivity index (χ1v) is 8.47.